The first-order valence-electron chi connectivity index (χ1n) is 10.4. The molecule has 0 spiro atoms. The highest BCUT2D eigenvalue weighted by Gasteiger charge is 2.37. The molecule has 0 unspecified atom stereocenters. The van der Waals surface area contributed by atoms with Crippen LogP contribution in [0.25, 0.3) is 0 Å². The molecule has 6 N–H and O–H groups in total. The standard InChI is InChI=1S/C23H27N5O5/c1-3-32-23(28-11-17-13(2)5-4-6-16(17)22(28)31)21(30)27-10-15-8-7-14(20(25)26)9-18(15)33-12-19(24)29/h4-9,23H,3,10-12H2,1-2H3,(H2,24,29)(H3,25,26)(H,27,30)/t23-/m0/s1. The van der Waals surface area contributed by atoms with Crippen molar-refractivity contribution < 1.29 is 23.9 Å². The summed E-state index contributed by atoms with van der Waals surface area (Å²) in [6, 6.07) is 10.2. The molecule has 10 heteroatoms. The summed E-state index contributed by atoms with van der Waals surface area (Å²) in [5, 5.41) is 10.3. The third kappa shape index (κ3) is 5.29. The van der Waals surface area contributed by atoms with Crippen LogP contribution in [0.4, 0.5) is 0 Å². The van der Waals surface area contributed by atoms with Gasteiger partial charge in [0.05, 0.1) is 6.54 Å². The second kappa shape index (κ2) is 10.1. The number of benzene rings is 2. The van der Waals surface area contributed by atoms with Crippen LogP contribution in [0.3, 0.4) is 0 Å². The summed E-state index contributed by atoms with van der Waals surface area (Å²) >= 11 is 0. The highest BCUT2D eigenvalue weighted by molar-refractivity contribution is 6.01. The molecule has 174 valence electrons. The Hall–Kier alpha value is -3.92. The number of nitrogen functional groups attached to an aromatic ring is 1. The minimum atomic E-state index is -1.11. The number of carbonyl (C=O) groups excluding carboxylic acids is 3. The predicted octanol–water partition coefficient (Wildman–Crippen LogP) is 0.778. The molecule has 3 rings (SSSR count). The van der Waals surface area contributed by atoms with Gasteiger partial charge in [0.1, 0.15) is 11.6 Å². The molecule has 0 saturated heterocycles. The van der Waals surface area contributed by atoms with Crippen molar-refractivity contribution in [3.05, 3.63) is 64.2 Å². The molecular formula is C23H27N5O5. The van der Waals surface area contributed by atoms with Crippen molar-refractivity contribution in [1.82, 2.24) is 10.2 Å². The van der Waals surface area contributed by atoms with Crippen molar-refractivity contribution in [2.75, 3.05) is 13.2 Å². The van der Waals surface area contributed by atoms with Crippen molar-refractivity contribution in [2.24, 2.45) is 11.5 Å². The van der Waals surface area contributed by atoms with E-state index in [0.717, 1.165) is 11.1 Å². The summed E-state index contributed by atoms with van der Waals surface area (Å²) in [6.45, 7) is 3.84. The van der Waals surface area contributed by atoms with Crippen molar-refractivity contribution in [3.8, 4) is 5.75 Å². The fourth-order valence-electron chi connectivity index (χ4n) is 3.58. The molecule has 3 amide bonds. The number of amidine groups is 1. The van der Waals surface area contributed by atoms with E-state index in [-0.39, 0.29) is 43.8 Å². The number of nitrogens with two attached hydrogens (primary N) is 2. The average Bonchev–Trinajstić information content (AvgIpc) is 3.12. The van der Waals surface area contributed by atoms with Gasteiger partial charge in [-0.05, 0) is 37.1 Å². The summed E-state index contributed by atoms with van der Waals surface area (Å²) in [5.41, 5.74) is 14.0. The Morgan fingerprint density at radius 2 is 2.00 bits per heavy atom. The van der Waals surface area contributed by atoms with E-state index < -0.39 is 18.0 Å². The maximum Gasteiger partial charge on any atom is 0.270 e. The lowest BCUT2D eigenvalue weighted by molar-refractivity contribution is -0.143. The van der Waals surface area contributed by atoms with Gasteiger partial charge in [-0.3, -0.25) is 19.8 Å². The number of nitrogens with one attached hydrogen (secondary N) is 2. The molecule has 0 aliphatic carbocycles. The SMILES string of the molecule is CCO[C@@H](C(=O)NCc1ccc(C(=N)N)cc1OCC(N)=O)N1Cc2c(C)cccc2C1=O. The van der Waals surface area contributed by atoms with Crippen molar-refractivity contribution in [3.63, 3.8) is 0 Å². The molecule has 0 radical (unpaired) electrons. The molecule has 2 aromatic rings. The maximum absolute atomic E-state index is 13.0. The van der Waals surface area contributed by atoms with Gasteiger partial charge in [0.2, 0.25) is 6.23 Å². The molecule has 1 heterocycles. The number of carbonyl (C=O) groups is 3. The molecule has 1 aliphatic rings. The Morgan fingerprint density at radius 3 is 2.64 bits per heavy atom. The van der Waals surface area contributed by atoms with E-state index in [2.05, 4.69) is 5.32 Å². The van der Waals surface area contributed by atoms with Crippen LogP contribution in [-0.4, -0.2) is 47.9 Å². The van der Waals surface area contributed by atoms with Crippen molar-refractivity contribution in [1.29, 1.82) is 5.41 Å². The molecule has 10 nitrogen and oxygen atoms in total. The first-order valence-corrected chi connectivity index (χ1v) is 10.4. The molecule has 33 heavy (non-hydrogen) atoms. The van der Waals surface area contributed by atoms with E-state index in [9.17, 15) is 14.4 Å². The fraction of sp³-hybridized carbons (Fsp3) is 0.304. The topological polar surface area (TPSA) is 161 Å². The number of amides is 3. The predicted molar refractivity (Wildman–Crippen MR) is 120 cm³/mol. The van der Waals surface area contributed by atoms with Crippen LogP contribution in [0, 0.1) is 12.3 Å². The number of aryl methyl sites for hydroxylation is 1. The van der Waals surface area contributed by atoms with E-state index in [0.29, 0.717) is 16.7 Å². The van der Waals surface area contributed by atoms with Crippen LogP contribution < -0.4 is 21.5 Å². The Labute approximate surface area is 191 Å². The van der Waals surface area contributed by atoms with Crippen molar-refractivity contribution in [2.45, 2.75) is 33.2 Å². The average molecular weight is 453 g/mol. The van der Waals surface area contributed by atoms with Crippen LogP contribution >= 0.6 is 0 Å². The summed E-state index contributed by atoms with van der Waals surface area (Å²) in [6.07, 6.45) is -1.11. The number of rotatable bonds is 10. The quantitative estimate of drug-likeness (QED) is 0.307. The highest BCUT2D eigenvalue weighted by Crippen LogP contribution is 2.28. The molecule has 0 bridgehead atoms. The Balaban J connectivity index is 1.77. The van der Waals surface area contributed by atoms with E-state index in [4.69, 9.17) is 26.4 Å². The Bertz CT molecular complexity index is 1100. The molecule has 0 saturated carbocycles. The largest absolute Gasteiger partial charge is 0.483 e. The summed E-state index contributed by atoms with van der Waals surface area (Å²) < 4.78 is 11.1. The van der Waals surface area contributed by atoms with Gasteiger partial charge in [-0.2, -0.15) is 0 Å². The van der Waals surface area contributed by atoms with Crippen LogP contribution in [0.15, 0.2) is 36.4 Å². The first-order chi connectivity index (χ1) is 15.7. The van der Waals surface area contributed by atoms with E-state index in [1.807, 2.05) is 19.1 Å². The minimum absolute atomic E-state index is 0.0305. The number of hydrogen-bond donors (Lipinski definition) is 4. The van der Waals surface area contributed by atoms with E-state index >= 15 is 0 Å². The van der Waals surface area contributed by atoms with Gasteiger partial charge in [0.15, 0.2) is 6.61 Å². The number of primary amides is 1. The summed E-state index contributed by atoms with van der Waals surface area (Å²) in [4.78, 5) is 38.5. The molecule has 2 aromatic carbocycles. The lowest BCUT2D eigenvalue weighted by Crippen LogP contribution is -2.48. The lowest BCUT2D eigenvalue weighted by Gasteiger charge is -2.26. The van der Waals surface area contributed by atoms with Crippen molar-refractivity contribution >= 4 is 23.6 Å². The zero-order valence-corrected chi connectivity index (χ0v) is 18.5. The highest BCUT2D eigenvalue weighted by atomic mass is 16.5. The number of ether oxygens (including phenoxy) is 2. The van der Waals surface area contributed by atoms with Crippen LogP contribution in [0.5, 0.6) is 5.75 Å². The third-order valence-corrected chi connectivity index (χ3v) is 5.26. The van der Waals surface area contributed by atoms with Gasteiger partial charge in [-0.25, -0.2) is 0 Å². The van der Waals surface area contributed by atoms with E-state index in [1.165, 1.54) is 11.0 Å². The smallest absolute Gasteiger partial charge is 0.270 e. The van der Waals surface area contributed by atoms with Gasteiger partial charge in [-0.15, -0.1) is 0 Å². The Kier molecular flexibility index (Phi) is 7.29. The van der Waals surface area contributed by atoms with Gasteiger partial charge in [-0.1, -0.05) is 24.3 Å². The lowest BCUT2D eigenvalue weighted by atomic mass is 10.1. The maximum atomic E-state index is 13.0. The molecule has 0 aromatic heterocycles. The zero-order valence-electron chi connectivity index (χ0n) is 18.5. The van der Waals surface area contributed by atoms with Crippen LogP contribution in [0.1, 0.15) is 39.5 Å². The Morgan fingerprint density at radius 1 is 1.24 bits per heavy atom. The fourth-order valence-corrected chi connectivity index (χ4v) is 3.58. The van der Waals surface area contributed by atoms with Gasteiger partial charge >= 0.3 is 0 Å². The molecule has 1 aliphatic heterocycles. The number of hydrogen-bond acceptors (Lipinski definition) is 6. The second-order valence-corrected chi connectivity index (χ2v) is 7.55. The number of fused-ring (bicyclic) bond motifs is 1. The summed E-state index contributed by atoms with van der Waals surface area (Å²) in [5.74, 6) is -1.34. The molecule has 0 fully saturated rings. The third-order valence-electron chi connectivity index (χ3n) is 5.26. The first kappa shape index (κ1) is 23.7. The van der Waals surface area contributed by atoms with Gasteiger partial charge < -0.3 is 31.2 Å². The normalized spacial score (nSPS) is 13.4. The van der Waals surface area contributed by atoms with E-state index in [1.54, 1.807) is 25.1 Å². The minimum Gasteiger partial charge on any atom is -0.483 e. The van der Waals surface area contributed by atoms with Gasteiger partial charge in [0, 0.05) is 29.8 Å². The second-order valence-electron chi connectivity index (χ2n) is 7.55. The van der Waals surface area contributed by atoms with Crippen LogP contribution in [0.2, 0.25) is 0 Å². The zero-order chi connectivity index (χ0) is 24.1. The number of nitrogens with zero attached hydrogens (tertiary/aromatic N) is 1. The molecule has 1 atom stereocenters. The monoisotopic (exact) mass is 453 g/mol. The van der Waals surface area contributed by atoms with Crippen LogP contribution in [-0.2, 0) is 27.4 Å². The molecular weight excluding hydrogens is 426 g/mol. The van der Waals surface area contributed by atoms with Gasteiger partial charge in [0.25, 0.3) is 17.7 Å². The summed E-state index contributed by atoms with van der Waals surface area (Å²) in [7, 11) is 0.